The second-order valence-corrected chi connectivity index (χ2v) is 5.73. The number of hydrogen-bond donors (Lipinski definition) is 2. The van der Waals surface area contributed by atoms with Gasteiger partial charge in [0.1, 0.15) is 6.61 Å². The average molecular weight is 313 g/mol. The van der Waals surface area contributed by atoms with E-state index in [-0.39, 0.29) is 18.1 Å². The molecule has 2 rings (SSSR count). The molecular formula is C13H17BrN2O2. The first kappa shape index (κ1) is 13.5. The smallest absolute Gasteiger partial charge is 0.250 e. The van der Waals surface area contributed by atoms with E-state index in [1.165, 1.54) is 0 Å². The fourth-order valence-electron chi connectivity index (χ4n) is 1.73. The first-order valence-electron chi connectivity index (χ1n) is 5.89. The number of anilines is 1. The van der Waals surface area contributed by atoms with Crippen LogP contribution in [0.5, 0.6) is 0 Å². The molecule has 1 aromatic rings. The number of hydrogen-bond acceptors (Lipinski definition) is 3. The van der Waals surface area contributed by atoms with Gasteiger partial charge in [0.25, 0.3) is 0 Å². The fraction of sp³-hybridized carbons (Fsp3) is 0.462. The Labute approximate surface area is 115 Å². The molecule has 5 heteroatoms. The minimum Gasteiger partial charge on any atom is -0.363 e. The number of amides is 1. The van der Waals surface area contributed by atoms with Crippen molar-refractivity contribution in [3.8, 4) is 0 Å². The highest BCUT2D eigenvalue weighted by Crippen LogP contribution is 2.23. The number of nitrogens with one attached hydrogen (secondary N) is 2. The number of halogens is 1. The molecule has 0 bridgehead atoms. The molecule has 1 aromatic carbocycles. The van der Waals surface area contributed by atoms with Crippen LogP contribution in [0, 0.1) is 6.92 Å². The molecule has 0 atom stereocenters. The molecule has 1 saturated heterocycles. The number of ether oxygens (including phenoxy) is 1. The van der Waals surface area contributed by atoms with E-state index in [1.807, 2.05) is 32.0 Å². The van der Waals surface area contributed by atoms with Crippen LogP contribution in [-0.4, -0.2) is 31.2 Å². The van der Waals surface area contributed by atoms with Gasteiger partial charge in [-0.3, -0.25) is 4.79 Å². The summed E-state index contributed by atoms with van der Waals surface area (Å²) < 4.78 is 6.46. The third-order valence-corrected chi connectivity index (χ3v) is 3.60. The fourth-order valence-corrected chi connectivity index (χ4v) is 2.32. The van der Waals surface area contributed by atoms with Gasteiger partial charge in [-0.05, 0) is 47.5 Å². The van der Waals surface area contributed by atoms with Crippen molar-refractivity contribution in [3.05, 3.63) is 28.2 Å². The van der Waals surface area contributed by atoms with Gasteiger partial charge in [0.15, 0.2) is 0 Å². The number of aryl methyl sites for hydroxylation is 1. The quantitative estimate of drug-likeness (QED) is 0.895. The Bertz CT molecular complexity index is 458. The van der Waals surface area contributed by atoms with Crippen LogP contribution in [0.15, 0.2) is 22.7 Å². The SMILES string of the molecule is Cc1ccc(NC(=O)COC2(C)CNC2)c(Br)c1. The summed E-state index contributed by atoms with van der Waals surface area (Å²) in [7, 11) is 0. The second kappa shape index (κ2) is 5.38. The van der Waals surface area contributed by atoms with Gasteiger partial charge in [0, 0.05) is 17.6 Å². The summed E-state index contributed by atoms with van der Waals surface area (Å²) in [6.45, 7) is 5.68. The van der Waals surface area contributed by atoms with Crippen molar-refractivity contribution in [2.75, 3.05) is 25.0 Å². The molecule has 0 radical (unpaired) electrons. The van der Waals surface area contributed by atoms with Crippen molar-refractivity contribution in [2.45, 2.75) is 19.4 Å². The molecule has 18 heavy (non-hydrogen) atoms. The van der Waals surface area contributed by atoms with Gasteiger partial charge in [0.05, 0.1) is 11.3 Å². The summed E-state index contributed by atoms with van der Waals surface area (Å²) in [5.74, 6) is -0.132. The zero-order chi connectivity index (χ0) is 13.2. The largest absolute Gasteiger partial charge is 0.363 e. The molecule has 0 aliphatic carbocycles. The van der Waals surface area contributed by atoms with E-state index in [0.717, 1.165) is 28.8 Å². The lowest BCUT2D eigenvalue weighted by Gasteiger charge is -2.38. The molecule has 98 valence electrons. The number of carbonyl (C=O) groups excluding carboxylic acids is 1. The van der Waals surface area contributed by atoms with E-state index in [1.54, 1.807) is 0 Å². The lowest BCUT2D eigenvalue weighted by Crippen LogP contribution is -2.59. The van der Waals surface area contributed by atoms with E-state index < -0.39 is 0 Å². The monoisotopic (exact) mass is 312 g/mol. The molecule has 1 heterocycles. The number of rotatable bonds is 4. The van der Waals surface area contributed by atoms with E-state index in [9.17, 15) is 4.79 Å². The summed E-state index contributed by atoms with van der Waals surface area (Å²) >= 11 is 3.43. The van der Waals surface area contributed by atoms with Gasteiger partial charge in [-0.15, -0.1) is 0 Å². The first-order valence-corrected chi connectivity index (χ1v) is 6.68. The Balaban J connectivity index is 1.87. The highest BCUT2D eigenvalue weighted by Gasteiger charge is 2.33. The minimum atomic E-state index is -0.193. The Morgan fingerprint density at radius 2 is 2.28 bits per heavy atom. The summed E-state index contributed by atoms with van der Waals surface area (Å²) in [5.41, 5.74) is 1.72. The van der Waals surface area contributed by atoms with Crippen LogP contribution in [0.4, 0.5) is 5.69 Å². The van der Waals surface area contributed by atoms with Crippen LogP contribution < -0.4 is 10.6 Å². The van der Waals surface area contributed by atoms with Crippen LogP contribution >= 0.6 is 15.9 Å². The summed E-state index contributed by atoms with van der Waals surface area (Å²) in [6, 6.07) is 5.80. The Kier molecular flexibility index (Phi) is 4.04. The average Bonchev–Trinajstić information content (AvgIpc) is 2.28. The van der Waals surface area contributed by atoms with Crippen molar-refractivity contribution in [2.24, 2.45) is 0 Å². The highest BCUT2D eigenvalue weighted by atomic mass is 79.9. The summed E-state index contributed by atoms with van der Waals surface area (Å²) in [6.07, 6.45) is 0. The van der Waals surface area contributed by atoms with Gasteiger partial charge >= 0.3 is 0 Å². The third-order valence-electron chi connectivity index (χ3n) is 2.95. The van der Waals surface area contributed by atoms with E-state index in [0.29, 0.717) is 0 Å². The molecule has 0 spiro atoms. The second-order valence-electron chi connectivity index (χ2n) is 4.87. The topological polar surface area (TPSA) is 50.4 Å². The number of benzene rings is 1. The van der Waals surface area contributed by atoms with Crippen LogP contribution in [0.1, 0.15) is 12.5 Å². The van der Waals surface area contributed by atoms with E-state index >= 15 is 0 Å². The van der Waals surface area contributed by atoms with Gasteiger partial charge in [0.2, 0.25) is 5.91 Å². The van der Waals surface area contributed by atoms with Crippen LogP contribution in [-0.2, 0) is 9.53 Å². The predicted octanol–water partition coefficient (Wildman–Crippen LogP) is 2.07. The summed E-state index contributed by atoms with van der Waals surface area (Å²) in [5, 5.41) is 5.95. The molecular weight excluding hydrogens is 296 g/mol. The predicted molar refractivity (Wildman–Crippen MR) is 74.7 cm³/mol. The molecule has 2 N–H and O–H groups in total. The molecule has 1 aliphatic heterocycles. The van der Waals surface area contributed by atoms with Crippen molar-refractivity contribution in [1.82, 2.24) is 5.32 Å². The molecule has 4 nitrogen and oxygen atoms in total. The van der Waals surface area contributed by atoms with Crippen molar-refractivity contribution < 1.29 is 9.53 Å². The standard InChI is InChI=1S/C13H17BrN2O2/c1-9-3-4-11(10(14)5-9)16-12(17)6-18-13(2)7-15-8-13/h3-5,15H,6-8H2,1-2H3,(H,16,17). The molecule has 1 amide bonds. The number of carbonyl (C=O) groups is 1. The molecule has 0 aromatic heterocycles. The zero-order valence-electron chi connectivity index (χ0n) is 10.5. The summed E-state index contributed by atoms with van der Waals surface area (Å²) in [4.78, 5) is 11.8. The molecule has 0 unspecified atom stereocenters. The Morgan fingerprint density at radius 3 is 2.83 bits per heavy atom. The minimum absolute atomic E-state index is 0.0818. The maximum atomic E-state index is 11.8. The maximum absolute atomic E-state index is 11.8. The highest BCUT2D eigenvalue weighted by molar-refractivity contribution is 9.10. The maximum Gasteiger partial charge on any atom is 0.250 e. The first-order chi connectivity index (χ1) is 8.48. The van der Waals surface area contributed by atoms with Gasteiger partial charge in [-0.25, -0.2) is 0 Å². The Hall–Kier alpha value is -0.910. The molecule has 1 aliphatic rings. The van der Waals surface area contributed by atoms with E-state index in [2.05, 4.69) is 26.6 Å². The van der Waals surface area contributed by atoms with Gasteiger partial charge in [-0.1, -0.05) is 6.07 Å². The van der Waals surface area contributed by atoms with Crippen LogP contribution in [0.2, 0.25) is 0 Å². The van der Waals surface area contributed by atoms with Crippen molar-refractivity contribution >= 4 is 27.5 Å². The Morgan fingerprint density at radius 1 is 1.56 bits per heavy atom. The normalized spacial score (nSPS) is 17.1. The van der Waals surface area contributed by atoms with Crippen LogP contribution in [0.25, 0.3) is 0 Å². The van der Waals surface area contributed by atoms with Gasteiger partial charge in [-0.2, -0.15) is 0 Å². The van der Waals surface area contributed by atoms with Crippen LogP contribution in [0.3, 0.4) is 0 Å². The molecule has 0 saturated carbocycles. The van der Waals surface area contributed by atoms with Crippen molar-refractivity contribution in [3.63, 3.8) is 0 Å². The van der Waals surface area contributed by atoms with E-state index in [4.69, 9.17) is 4.74 Å². The third kappa shape index (κ3) is 3.31. The lowest BCUT2D eigenvalue weighted by molar-refractivity contribution is -0.130. The lowest BCUT2D eigenvalue weighted by atomic mass is 10.0. The molecule has 1 fully saturated rings. The van der Waals surface area contributed by atoms with Crippen molar-refractivity contribution in [1.29, 1.82) is 0 Å². The zero-order valence-corrected chi connectivity index (χ0v) is 12.1. The van der Waals surface area contributed by atoms with Gasteiger partial charge < -0.3 is 15.4 Å².